The highest BCUT2D eigenvalue weighted by Crippen LogP contribution is 2.27. The maximum atomic E-state index is 12.3. The van der Waals surface area contributed by atoms with Gasteiger partial charge in [-0.25, -0.2) is 8.42 Å². The van der Waals surface area contributed by atoms with Crippen LogP contribution in [0.15, 0.2) is 62.8 Å². The lowest BCUT2D eigenvalue weighted by Crippen LogP contribution is -2.09. The fraction of sp³-hybridized carbons (Fsp3) is 0.200. The van der Waals surface area contributed by atoms with Gasteiger partial charge >= 0.3 is 0 Å². The van der Waals surface area contributed by atoms with Gasteiger partial charge in [0.25, 0.3) is 0 Å². The minimum atomic E-state index is -3.25. The highest BCUT2D eigenvalue weighted by molar-refractivity contribution is 9.10. The maximum Gasteiger partial charge on any atom is 0.179 e. The number of thioether (sulfide) groups is 1. The summed E-state index contributed by atoms with van der Waals surface area (Å²) in [7, 11) is -3.25. The van der Waals surface area contributed by atoms with E-state index < -0.39 is 9.84 Å². The molecule has 0 saturated heterocycles. The molecular formula is C15H16BrNO2S2. The zero-order valence-corrected chi connectivity index (χ0v) is 14.5. The van der Waals surface area contributed by atoms with Gasteiger partial charge in [0, 0.05) is 21.7 Å². The van der Waals surface area contributed by atoms with Crippen molar-refractivity contribution < 1.29 is 8.42 Å². The molecule has 0 radical (unpaired) electrons. The van der Waals surface area contributed by atoms with E-state index in [2.05, 4.69) is 15.9 Å². The second-order valence-corrected chi connectivity index (χ2v) is 8.55. The first kappa shape index (κ1) is 16.5. The molecule has 2 aromatic rings. The fourth-order valence-corrected chi connectivity index (χ4v) is 5.00. The Morgan fingerprint density at radius 2 is 1.71 bits per heavy atom. The minimum absolute atomic E-state index is 0.112. The van der Waals surface area contributed by atoms with Gasteiger partial charge in [-0.2, -0.15) is 0 Å². The lowest BCUT2D eigenvalue weighted by molar-refractivity contribution is 0.597. The van der Waals surface area contributed by atoms with Crippen LogP contribution in [0.3, 0.4) is 0 Å². The van der Waals surface area contributed by atoms with Crippen LogP contribution in [0.1, 0.15) is 5.56 Å². The smallest absolute Gasteiger partial charge is 0.179 e. The zero-order valence-electron chi connectivity index (χ0n) is 11.3. The molecule has 112 valence electrons. The third-order valence-electron chi connectivity index (χ3n) is 2.96. The first-order valence-electron chi connectivity index (χ1n) is 6.42. The molecule has 0 aliphatic carbocycles. The average Bonchev–Trinajstić information content (AvgIpc) is 2.49. The minimum Gasteiger partial charge on any atom is -0.326 e. The average molecular weight is 386 g/mol. The molecule has 0 aromatic heterocycles. The predicted molar refractivity (Wildman–Crippen MR) is 91.3 cm³/mol. The molecule has 0 heterocycles. The van der Waals surface area contributed by atoms with Crippen molar-refractivity contribution in [2.75, 3.05) is 11.5 Å². The molecule has 0 aliphatic heterocycles. The van der Waals surface area contributed by atoms with Crippen molar-refractivity contribution >= 4 is 37.5 Å². The van der Waals surface area contributed by atoms with Crippen LogP contribution in [0.5, 0.6) is 0 Å². The Balaban J connectivity index is 1.99. The van der Waals surface area contributed by atoms with Gasteiger partial charge in [-0.05, 0) is 45.8 Å². The summed E-state index contributed by atoms with van der Waals surface area (Å²) < 4.78 is 25.5. The molecule has 0 aliphatic rings. The van der Waals surface area contributed by atoms with E-state index in [1.54, 1.807) is 24.3 Å². The molecular weight excluding hydrogens is 370 g/mol. The van der Waals surface area contributed by atoms with Crippen LogP contribution in [0, 0.1) is 0 Å². The van der Waals surface area contributed by atoms with Crippen molar-refractivity contribution in [3.05, 3.63) is 58.6 Å². The molecule has 0 amide bonds. The van der Waals surface area contributed by atoms with Gasteiger partial charge in [-0.3, -0.25) is 0 Å². The Labute approximate surface area is 138 Å². The largest absolute Gasteiger partial charge is 0.326 e. The first-order valence-corrected chi connectivity index (χ1v) is 9.85. The summed E-state index contributed by atoms with van der Waals surface area (Å²) in [5, 5.41) is 0. The summed E-state index contributed by atoms with van der Waals surface area (Å²) in [6.45, 7) is 0.415. The lowest BCUT2D eigenvalue weighted by Gasteiger charge is -2.06. The first-order chi connectivity index (χ1) is 10.0. The van der Waals surface area contributed by atoms with Crippen molar-refractivity contribution in [2.24, 2.45) is 5.73 Å². The van der Waals surface area contributed by atoms with Crippen LogP contribution in [0.4, 0.5) is 0 Å². The second kappa shape index (κ2) is 7.45. The van der Waals surface area contributed by atoms with Gasteiger partial charge in [0.2, 0.25) is 0 Å². The molecule has 0 saturated carbocycles. The summed E-state index contributed by atoms with van der Waals surface area (Å²) in [5.41, 5.74) is 6.44. The van der Waals surface area contributed by atoms with E-state index in [-0.39, 0.29) is 5.75 Å². The number of hydrogen-bond acceptors (Lipinski definition) is 4. The second-order valence-electron chi connectivity index (χ2n) is 4.45. The summed E-state index contributed by atoms with van der Waals surface area (Å²) in [6.07, 6.45) is 0. The molecule has 6 heteroatoms. The third-order valence-corrected chi connectivity index (χ3v) is 6.98. The Kier molecular flexibility index (Phi) is 5.87. The quantitative estimate of drug-likeness (QED) is 0.773. The summed E-state index contributed by atoms with van der Waals surface area (Å²) >= 11 is 4.99. The summed E-state index contributed by atoms with van der Waals surface area (Å²) in [5.74, 6) is 0.630. The van der Waals surface area contributed by atoms with Gasteiger partial charge in [0.05, 0.1) is 10.6 Å². The maximum absolute atomic E-state index is 12.3. The van der Waals surface area contributed by atoms with E-state index in [0.717, 1.165) is 14.9 Å². The van der Waals surface area contributed by atoms with Crippen molar-refractivity contribution in [3.63, 3.8) is 0 Å². The highest BCUT2D eigenvalue weighted by atomic mass is 79.9. The fourth-order valence-electron chi connectivity index (χ4n) is 1.77. The van der Waals surface area contributed by atoms with E-state index in [1.807, 2.05) is 24.3 Å². The Morgan fingerprint density at radius 1 is 1.05 bits per heavy atom. The van der Waals surface area contributed by atoms with E-state index in [4.69, 9.17) is 5.73 Å². The molecule has 2 N–H and O–H groups in total. The van der Waals surface area contributed by atoms with Gasteiger partial charge in [0.1, 0.15) is 0 Å². The van der Waals surface area contributed by atoms with Crippen molar-refractivity contribution in [2.45, 2.75) is 16.3 Å². The number of sulfone groups is 1. The van der Waals surface area contributed by atoms with Gasteiger partial charge in [-0.15, -0.1) is 11.8 Å². The van der Waals surface area contributed by atoms with Crippen LogP contribution < -0.4 is 5.73 Å². The monoisotopic (exact) mass is 385 g/mol. The molecule has 0 bridgehead atoms. The van der Waals surface area contributed by atoms with Crippen LogP contribution in [0.25, 0.3) is 0 Å². The van der Waals surface area contributed by atoms with Crippen LogP contribution >= 0.6 is 27.7 Å². The Bertz CT molecular complexity index is 700. The zero-order chi connectivity index (χ0) is 15.3. The SMILES string of the molecule is NCc1ccc(S(=O)(=O)CCSc2ccccc2Br)cc1. The highest BCUT2D eigenvalue weighted by Gasteiger charge is 2.14. The van der Waals surface area contributed by atoms with Crippen molar-refractivity contribution in [1.29, 1.82) is 0 Å². The molecule has 2 rings (SSSR count). The van der Waals surface area contributed by atoms with Crippen LogP contribution in [0.2, 0.25) is 0 Å². The topological polar surface area (TPSA) is 60.2 Å². The number of benzene rings is 2. The van der Waals surface area contributed by atoms with Gasteiger partial charge in [0.15, 0.2) is 9.84 Å². The van der Waals surface area contributed by atoms with E-state index in [9.17, 15) is 8.42 Å². The van der Waals surface area contributed by atoms with Gasteiger partial charge < -0.3 is 5.73 Å². The van der Waals surface area contributed by atoms with E-state index >= 15 is 0 Å². The lowest BCUT2D eigenvalue weighted by atomic mass is 10.2. The number of hydrogen-bond donors (Lipinski definition) is 1. The Morgan fingerprint density at radius 3 is 2.33 bits per heavy atom. The Hall–Kier alpha value is -0.820. The molecule has 0 atom stereocenters. The van der Waals surface area contributed by atoms with E-state index in [1.165, 1.54) is 11.8 Å². The van der Waals surface area contributed by atoms with Gasteiger partial charge in [-0.1, -0.05) is 24.3 Å². The third kappa shape index (κ3) is 4.57. The molecule has 0 unspecified atom stereocenters. The van der Waals surface area contributed by atoms with Crippen LogP contribution in [-0.2, 0) is 16.4 Å². The summed E-state index contributed by atoms with van der Waals surface area (Å²) in [6, 6.07) is 14.6. The predicted octanol–water partition coefficient (Wildman–Crippen LogP) is 3.47. The molecule has 3 nitrogen and oxygen atoms in total. The number of halogens is 1. The normalized spacial score (nSPS) is 11.5. The number of rotatable bonds is 6. The van der Waals surface area contributed by atoms with Crippen molar-refractivity contribution in [1.82, 2.24) is 0 Å². The molecule has 0 fully saturated rings. The van der Waals surface area contributed by atoms with Crippen LogP contribution in [-0.4, -0.2) is 19.9 Å². The summed E-state index contributed by atoms with van der Waals surface area (Å²) in [4.78, 5) is 1.40. The number of nitrogens with two attached hydrogens (primary N) is 1. The van der Waals surface area contributed by atoms with Crippen molar-refractivity contribution in [3.8, 4) is 0 Å². The molecule has 2 aromatic carbocycles. The molecule has 0 spiro atoms. The standard InChI is InChI=1S/C15H16BrNO2S2/c16-14-3-1-2-4-15(14)20-9-10-21(18,19)13-7-5-12(11-17)6-8-13/h1-8H,9-11,17H2. The molecule has 21 heavy (non-hydrogen) atoms. The van der Waals surface area contributed by atoms with E-state index in [0.29, 0.717) is 17.2 Å².